The Hall–Kier alpha value is -4.38. The molecule has 2 N–H and O–H groups in total. The van der Waals surface area contributed by atoms with Gasteiger partial charge in [0.1, 0.15) is 28.8 Å². The first kappa shape index (κ1) is 21.8. The summed E-state index contributed by atoms with van der Waals surface area (Å²) in [6, 6.07) is 26.7. The lowest BCUT2D eigenvalue weighted by Gasteiger charge is -2.14. The van der Waals surface area contributed by atoms with Crippen molar-refractivity contribution < 1.29 is 14.3 Å². The Bertz CT molecular complexity index is 1250. The number of hydrogen-bond donors (Lipinski definition) is 1. The molecule has 0 aliphatic rings. The van der Waals surface area contributed by atoms with Crippen LogP contribution in [-0.2, 0) is 11.2 Å². The normalized spacial score (nSPS) is 10.4. The van der Waals surface area contributed by atoms with Crippen molar-refractivity contribution in [1.29, 1.82) is 0 Å². The lowest BCUT2D eigenvalue weighted by atomic mass is 10.00. The number of aromatic nitrogens is 1. The molecular weight excluding hydrogens is 412 g/mol. The number of carbonyl (C=O) groups is 1. The number of para-hydroxylation sites is 1. The fourth-order valence-electron chi connectivity index (χ4n) is 3.41. The van der Waals surface area contributed by atoms with Gasteiger partial charge in [0.25, 0.3) is 0 Å². The molecule has 4 aromatic rings. The number of anilines is 1. The molecule has 3 aromatic carbocycles. The summed E-state index contributed by atoms with van der Waals surface area (Å²) in [7, 11) is 0. The van der Waals surface area contributed by atoms with Gasteiger partial charge in [-0.25, -0.2) is 4.98 Å². The lowest BCUT2D eigenvalue weighted by Crippen LogP contribution is -1.99. The fraction of sp³-hybridized carbons (Fsp3) is 0.0714. The van der Waals surface area contributed by atoms with Crippen LogP contribution in [0.5, 0.6) is 23.0 Å². The second-order valence-electron chi connectivity index (χ2n) is 7.43. The highest BCUT2D eigenvalue weighted by molar-refractivity contribution is 5.89. The molecule has 0 bridgehead atoms. The van der Waals surface area contributed by atoms with Crippen molar-refractivity contribution in [3.63, 3.8) is 0 Å². The van der Waals surface area contributed by atoms with Crippen LogP contribution in [0.1, 0.15) is 12.0 Å². The van der Waals surface area contributed by atoms with Crippen molar-refractivity contribution in [1.82, 2.24) is 4.98 Å². The second kappa shape index (κ2) is 10.3. The molecule has 0 unspecified atom stereocenters. The van der Waals surface area contributed by atoms with E-state index in [4.69, 9.17) is 15.2 Å². The first-order valence-electron chi connectivity index (χ1n) is 10.6. The first-order chi connectivity index (χ1) is 16.1. The summed E-state index contributed by atoms with van der Waals surface area (Å²) < 4.78 is 12.0. The summed E-state index contributed by atoms with van der Waals surface area (Å²) in [6.07, 6.45) is 4.01. The van der Waals surface area contributed by atoms with Gasteiger partial charge in [0, 0.05) is 12.6 Å². The van der Waals surface area contributed by atoms with Crippen molar-refractivity contribution in [3.05, 3.63) is 109 Å². The minimum Gasteiger partial charge on any atom is -0.457 e. The van der Waals surface area contributed by atoms with E-state index in [1.165, 1.54) is 6.08 Å². The molecule has 1 aromatic heterocycles. The summed E-state index contributed by atoms with van der Waals surface area (Å²) >= 11 is 0. The zero-order valence-electron chi connectivity index (χ0n) is 18.1. The Morgan fingerprint density at radius 3 is 2.30 bits per heavy atom. The van der Waals surface area contributed by atoms with Crippen LogP contribution in [0.4, 0.5) is 5.82 Å². The highest BCUT2D eigenvalue weighted by Crippen LogP contribution is 2.37. The molecule has 164 valence electrons. The minimum atomic E-state index is 0.0185. The molecule has 0 amide bonds. The Morgan fingerprint density at radius 1 is 0.879 bits per heavy atom. The van der Waals surface area contributed by atoms with Crippen LogP contribution in [0.3, 0.4) is 0 Å². The maximum Gasteiger partial charge on any atom is 0.155 e. The van der Waals surface area contributed by atoms with E-state index in [2.05, 4.69) is 11.6 Å². The topological polar surface area (TPSA) is 74.4 Å². The van der Waals surface area contributed by atoms with Gasteiger partial charge in [-0.15, -0.1) is 0 Å². The molecule has 0 fully saturated rings. The fourth-order valence-corrected chi connectivity index (χ4v) is 3.41. The number of pyridine rings is 1. The van der Waals surface area contributed by atoms with Crippen LogP contribution < -0.4 is 15.2 Å². The third kappa shape index (κ3) is 5.66. The molecule has 33 heavy (non-hydrogen) atoms. The minimum absolute atomic E-state index is 0.0185. The van der Waals surface area contributed by atoms with E-state index in [-0.39, 0.29) is 5.78 Å². The van der Waals surface area contributed by atoms with Crippen LogP contribution in [-0.4, -0.2) is 10.8 Å². The van der Waals surface area contributed by atoms with E-state index in [9.17, 15) is 4.79 Å². The number of nitrogen functional groups attached to an aromatic ring is 1. The van der Waals surface area contributed by atoms with Gasteiger partial charge in [-0.2, -0.15) is 0 Å². The quantitative estimate of drug-likeness (QED) is 0.299. The summed E-state index contributed by atoms with van der Waals surface area (Å²) in [6.45, 7) is 3.53. The molecule has 0 spiro atoms. The molecule has 4 rings (SSSR count). The van der Waals surface area contributed by atoms with Gasteiger partial charge >= 0.3 is 0 Å². The van der Waals surface area contributed by atoms with Crippen LogP contribution in [0.2, 0.25) is 0 Å². The van der Waals surface area contributed by atoms with Gasteiger partial charge < -0.3 is 15.2 Å². The highest BCUT2D eigenvalue weighted by atomic mass is 16.5. The van der Waals surface area contributed by atoms with Crippen LogP contribution in [0.25, 0.3) is 11.1 Å². The molecule has 0 saturated carbocycles. The monoisotopic (exact) mass is 436 g/mol. The van der Waals surface area contributed by atoms with Crippen molar-refractivity contribution in [2.24, 2.45) is 0 Å². The van der Waals surface area contributed by atoms with Gasteiger partial charge in [0.2, 0.25) is 0 Å². The van der Waals surface area contributed by atoms with Crippen molar-refractivity contribution in [2.75, 3.05) is 5.73 Å². The first-order valence-corrected chi connectivity index (χ1v) is 10.6. The molecule has 1 heterocycles. The number of rotatable bonds is 9. The van der Waals surface area contributed by atoms with E-state index in [0.717, 1.165) is 16.9 Å². The SMILES string of the molecule is C=CC(=O)CCc1cccc(-c2c(Oc3ccc(Oc4ccccc4)cc3)ccnc2N)c1. The van der Waals surface area contributed by atoms with Gasteiger partial charge in [0.05, 0.1) is 5.56 Å². The zero-order valence-corrected chi connectivity index (χ0v) is 18.1. The van der Waals surface area contributed by atoms with Crippen LogP contribution in [0.15, 0.2) is 104 Å². The summed E-state index contributed by atoms with van der Waals surface area (Å²) in [5, 5.41) is 0. The molecule has 0 atom stereocenters. The molecule has 0 aliphatic heterocycles. The van der Waals surface area contributed by atoms with Gasteiger partial charge in [-0.1, -0.05) is 49.0 Å². The number of benzene rings is 3. The van der Waals surface area contributed by atoms with E-state index in [1.807, 2.05) is 78.9 Å². The number of aryl methyl sites for hydroxylation is 1. The molecule has 5 nitrogen and oxygen atoms in total. The predicted octanol–water partition coefficient (Wildman–Crippen LogP) is 6.60. The highest BCUT2D eigenvalue weighted by Gasteiger charge is 2.13. The number of ether oxygens (including phenoxy) is 2. The summed E-state index contributed by atoms with van der Waals surface area (Å²) in [5.41, 5.74) is 8.84. The zero-order chi connectivity index (χ0) is 23.0. The van der Waals surface area contributed by atoms with Crippen molar-refractivity contribution in [2.45, 2.75) is 12.8 Å². The maximum atomic E-state index is 11.6. The third-order valence-electron chi connectivity index (χ3n) is 5.08. The average molecular weight is 437 g/mol. The summed E-state index contributed by atoms with van der Waals surface area (Å²) in [5.74, 6) is 3.12. The molecule has 0 saturated heterocycles. The Morgan fingerprint density at radius 2 is 1.58 bits per heavy atom. The van der Waals surface area contributed by atoms with Crippen LogP contribution in [0, 0.1) is 0 Å². The maximum absolute atomic E-state index is 11.6. The van der Waals surface area contributed by atoms with Crippen molar-refractivity contribution >= 4 is 11.6 Å². The van der Waals surface area contributed by atoms with Gasteiger partial charge in [-0.05, 0) is 66.1 Å². The number of allylic oxidation sites excluding steroid dienone is 1. The Labute approximate surface area is 193 Å². The molecule has 0 radical (unpaired) electrons. The van der Waals surface area contributed by atoms with Crippen molar-refractivity contribution in [3.8, 4) is 34.1 Å². The number of hydrogen-bond acceptors (Lipinski definition) is 5. The average Bonchev–Trinajstić information content (AvgIpc) is 2.85. The molecule has 0 aliphatic carbocycles. The van der Waals surface area contributed by atoms with Gasteiger partial charge in [0.15, 0.2) is 5.78 Å². The smallest absolute Gasteiger partial charge is 0.155 e. The van der Waals surface area contributed by atoms with E-state index in [0.29, 0.717) is 41.5 Å². The third-order valence-corrected chi connectivity index (χ3v) is 5.08. The molecule has 5 heteroatoms. The number of nitrogens with zero attached hydrogens (tertiary/aromatic N) is 1. The van der Waals surface area contributed by atoms with E-state index in [1.54, 1.807) is 12.3 Å². The second-order valence-corrected chi connectivity index (χ2v) is 7.43. The van der Waals surface area contributed by atoms with Crippen LogP contribution >= 0.6 is 0 Å². The van der Waals surface area contributed by atoms with Gasteiger partial charge in [-0.3, -0.25) is 4.79 Å². The predicted molar refractivity (Wildman–Crippen MR) is 131 cm³/mol. The standard InChI is InChI=1S/C28H24N2O3/c1-2-22(31)12-11-20-7-6-8-21(19-20)27-26(17-18-30-28(27)29)33-25-15-13-24(14-16-25)32-23-9-4-3-5-10-23/h2-10,13-19H,1,11-12H2,(H2,29,30). The number of carbonyl (C=O) groups excluding carboxylic acids is 1. The lowest BCUT2D eigenvalue weighted by molar-refractivity contribution is -0.114. The largest absolute Gasteiger partial charge is 0.457 e. The summed E-state index contributed by atoms with van der Waals surface area (Å²) in [4.78, 5) is 15.8. The molecular formula is C28H24N2O3. The van der Waals surface area contributed by atoms with E-state index < -0.39 is 0 Å². The van der Waals surface area contributed by atoms with E-state index >= 15 is 0 Å². The number of nitrogens with two attached hydrogens (primary N) is 1. The Kier molecular flexibility index (Phi) is 6.81. The number of ketones is 1. The Balaban J connectivity index is 1.55.